The molecule has 0 fully saturated rings. The maximum Gasteiger partial charge on any atom is 0.317 e. The highest BCUT2D eigenvalue weighted by atomic mass is 35.5. The molecular weight excluding hydrogens is 347 g/mol. The van der Waals surface area contributed by atoms with Crippen molar-refractivity contribution in [1.82, 2.24) is 10.2 Å². The molecule has 0 aliphatic rings. The highest BCUT2D eigenvalue weighted by Gasteiger charge is 2.10. The van der Waals surface area contributed by atoms with Crippen molar-refractivity contribution in [2.45, 2.75) is 20.0 Å². The van der Waals surface area contributed by atoms with Gasteiger partial charge in [-0.25, -0.2) is 4.79 Å². The number of amides is 2. The Morgan fingerprint density at radius 2 is 1.88 bits per heavy atom. The van der Waals surface area contributed by atoms with Crippen molar-refractivity contribution in [3.05, 3.63) is 63.6 Å². The summed E-state index contributed by atoms with van der Waals surface area (Å²) in [4.78, 5) is 13.8. The summed E-state index contributed by atoms with van der Waals surface area (Å²) >= 11 is 12.0. The topological polar surface area (TPSA) is 41.6 Å². The molecule has 24 heavy (non-hydrogen) atoms. The van der Waals surface area contributed by atoms with Gasteiger partial charge in [0.2, 0.25) is 0 Å². The van der Waals surface area contributed by atoms with Crippen molar-refractivity contribution in [2.75, 3.05) is 13.7 Å². The lowest BCUT2D eigenvalue weighted by Crippen LogP contribution is -2.36. The van der Waals surface area contributed by atoms with Crippen LogP contribution in [-0.2, 0) is 13.1 Å². The van der Waals surface area contributed by atoms with Gasteiger partial charge in [-0.3, -0.25) is 0 Å². The smallest absolute Gasteiger partial charge is 0.317 e. The van der Waals surface area contributed by atoms with Gasteiger partial charge in [0.15, 0.2) is 0 Å². The zero-order valence-electron chi connectivity index (χ0n) is 13.7. The molecule has 6 heteroatoms. The van der Waals surface area contributed by atoms with E-state index in [9.17, 15) is 4.79 Å². The standard InChI is InChI=1S/C18H20Cl2N2O2/c1-3-24-16-8-4-13(5-9-16)12-22(2)18(23)21-11-14-6-7-15(19)10-17(14)20/h4-10H,3,11-12H2,1-2H3,(H,21,23). The summed E-state index contributed by atoms with van der Waals surface area (Å²) in [7, 11) is 1.75. The van der Waals surface area contributed by atoms with Gasteiger partial charge in [0, 0.05) is 30.2 Å². The third-order valence-corrected chi connectivity index (χ3v) is 4.03. The minimum atomic E-state index is -0.171. The molecule has 1 N–H and O–H groups in total. The summed E-state index contributed by atoms with van der Waals surface area (Å²) in [5, 5.41) is 3.96. The molecule has 0 aliphatic heterocycles. The number of nitrogens with zero attached hydrogens (tertiary/aromatic N) is 1. The van der Waals surface area contributed by atoms with Gasteiger partial charge in [-0.05, 0) is 42.3 Å². The Labute approximate surface area is 152 Å². The average molecular weight is 367 g/mol. The molecule has 0 unspecified atom stereocenters. The second kappa shape index (κ2) is 8.81. The normalized spacial score (nSPS) is 10.3. The number of ether oxygens (including phenoxy) is 1. The number of carbonyl (C=O) groups excluding carboxylic acids is 1. The Bertz CT molecular complexity index is 690. The van der Waals surface area contributed by atoms with E-state index in [1.807, 2.05) is 31.2 Å². The predicted octanol–water partition coefficient (Wildman–Crippen LogP) is 4.73. The van der Waals surface area contributed by atoms with E-state index in [-0.39, 0.29) is 6.03 Å². The highest BCUT2D eigenvalue weighted by Crippen LogP contribution is 2.20. The van der Waals surface area contributed by atoms with E-state index in [1.165, 1.54) is 0 Å². The molecule has 0 bridgehead atoms. The fourth-order valence-corrected chi connectivity index (χ4v) is 2.65. The lowest BCUT2D eigenvalue weighted by atomic mass is 10.2. The van der Waals surface area contributed by atoms with E-state index in [0.29, 0.717) is 29.7 Å². The van der Waals surface area contributed by atoms with Crippen LogP contribution in [0.2, 0.25) is 10.0 Å². The monoisotopic (exact) mass is 366 g/mol. The molecular formula is C18H20Cl2N2O2. The largest absolute Gasteiger partial charge is 0.494 e. The first-order chi connectivity index (χ1) is 11.5. The number of nitrogens with one attached hydrogen (secondary N) is 1. The Kier molecular flexibility index (Phi) is 6.76. The summed E-state index contributed by atoms with van der Waals surface area (Å²) in [6.07, 6.45) is 0. The van der Waals surface area contributed by atoms with Gasteiger partial charge in [-0.1, -0.05) is 41.4 Å². The van der Waals surface area contributed by atoms with Crippen molar-refractivity contribution in [1.29, 1.82) is 0 Å². The van der Waals surface area contributed by atoms with Crippen LogP contribution < -0.4 is 10.1 Å². The second-order valence-electron chi connectivity index (χ2n) is 5.33. The minimum absolute atomic E-state index is 0.171. The molecule has 2 aromatic carbocycles. The Hall–Kier alpha value is -1.91. The van der Waals surface area contributed by atoms with Crippen LogP contribution in [0, 0.1) is 0 Å². The van der Waals surface area contributed by atoms with Gasteiger partial charge < -0.3 is 15.0 Å². The van der Waals surface area contributed by atoms with Crippen LogP contribution in [0.5, 0.6) is 5.75 Å². The molecule has 4 nitrogen and oxygen atoms in total. The third-order valence-electron chi connectivity index (χ3n) is 3.45. The summed E-state index contributed by atoms with van der Waals surface area (Å²) in [6, 6.07) is 12.7. The van der Waals surface area contributed by atoms with Crippen LogP contribution in [0.1, 0.15) is 18.1 Å². The number of halogens is 2. The molecule has 2 aromatic rings. The summed E-state index contributed by atoms with van der Waals surface area (Å²) in [5.74, 6) is 0.825. The Morgan fingerprint density at radius 1 is 1.17 bits per heavy atom. The van der Waals surface area contributed by atoms with Crippen LogP contribution in [-0.4, -0.2) is 24.6 Å². The molecule has 0 spiro atoms. The Balaban J connectivity index is 1.87. The predicted molar refractivity (Wildman–Crippen MR) is 97.8 cm³/mol. The number of carbonyl (C=O) groups is 1. The lowest BCUT2D eigenvalue weighted by molar-refractivity contribution is 0.206. The highest BCUT2D eigenvalue weighted by molar-refractivity contribution is 6.35. The molecule has 0 saturated heterocycles. The maximum atomic E-state index is 12.2. The summed E-state index contributed by atoms with van der Waals surface area (Å²) < 4.78 is 5.41. The number of urea groups is 1. The van der Waals surface area contributed by atoms with E-state index in [2.05, 4.69) is 5.32 Å². The van der Waals surface area contributed by atoms with Crippen molar-refractivity contribution >= 4 is 29.2 Å². The third kappa shape index (κ3) is 5.32. The van der Waals surface area contributed by atoms with Gasteiger partial charge in [-0.2, -0.15) is 0 Å². The van der Waals surface area contributed by atoms with Crippen LogP contribution in [0.15, 0.2) is 42.5 Å². The molecule has 0 heterocycles. The van der Waals surface area contributed by atoms with Crippen LogP contribution in [0.3, 0.4) is 0 Å². The summed E-state index contributed by atoms with van der Waals surface area (Å²) in [5.41, 5.74) is 1.85. The van der Waals surface area contributed by atoms with Crippen LogP contribution in [0.25, 0.3) is 0 Å². The summed E-state index contributed by atoms with van der Waals surface area (Å²) in [6.45, 7) is 3.43. The van der Waals surface area contributed by atoms with Crippen molar-refractivity contribution in [3.8, 4) is 5.75 Å². The zero-order valence-corrected chi connectivity index (χ0v) is 15.2. The first-order valence-corrected chi connectivity index (χ1v) is 8.40. The van der Waals surface area contributed by atoms with Gasteiger partial charge in [0.1, 0.15) is 5.75 Å². The van der Waals surface area contributed by atoms with E-state index < -0.39 is 0 Å². The zero-order chi connectivity index (χ0) is 17.5. The SMILES string of the molecule is CCOc1ccc(CN(C)C(=O)NCc2ccc(Cl)cc2Cl)cc1. The number of hydrogen-bond acceptors (Lipinski definition) is 2. The van der Waals surface area contributed by atoms with Crippen LogP contribution >= 0.6 is 23.2 Å². The number of hydrogen-bond donors (Lipinski definition) is 1. The fourth-order valence-electron chi connectivity index (χ4n) is 2.17. The minimum Gasteiger partial charge on any atom is -0.494 e. The quantitative estimate of drug-likeness (QED) is 0.802. The molecule has 128 valence electrons. The van der Waals surface area contributed by atoms with Crippen LogP contribution in [0.4, 0.5) is 4.79 Å². The molecule has 0 aromatic heterocycles. The molecule has 0 saturated carbocycles. The average Bonchev–Trinajstić information content (AvgIpc) is 2.56. The van der Waals surface area contributed by atoms with Gasteiger partial charge in [-0.15, -0.1) is 0 Å². The maximum absolute atomic E-state index is 12.2. The molecule has 2 amide bonds. The number of benzene rings is 2. The first kappa shape index (κ1) is 18.4. The van der Waals surface area contributed by atoms with Gasteiger partial charge in [0.25, 0.3) is 0 Å². The number of rotatable bonds is 6. The molecule has 0 aliphatic carbocycles. The lowest BCUT2D eigenvalue weighted by Gasteiger charge is -2.18. The first-order valence-electron chi connectivity index (χ1n) is 7.64. The molecule has 2 rings (SSSR count). The van der Waals surface area contributed by atoms with E-state index in [1.54, 1.807) is 30.1 Å². The molecule has 0 radical (unpaired) electrons. The van der Waals surface area contributed by atoms with E-state index in [0.717, 1.165) is 16.9 Å². The van der Waals surface area contributed by atoms with Gasteiger partial charge in [0.05, 0.1) is 6.61 Å². The van der Waals surface area contributed by atoms with Crippen molar-refractivity contribution in [2.24, 2.45) is 0 Å². The van der Waals surface area contributed by atoms with E-state index >= 15 is 0 Å². The molecule has 0 atom stereocenters. The fraction of sp³-hybridized carbons (Fsp3) is 0.278. The van der Waals surface area contributed by atoms with Crippen molar-refractivity contribution < 1.29 is 9.53 Å². The van der Waals surface area contributed by atoms with Crippen molar-refractivity contribution in [3.63, 3.8) is 0 Å². The van der Waals surface area contributed by atoms with E-state index in [4.69, 9.17) is 27.9 Å². The van der Waals surface area contributed by atoms with Gasteiger partial charge >= 0.3 is 6.03 Å². The Morgan fingerprint density at radius 3 is 2.50 bits per heavy atom. The second-order valence-corrected chi connectivity index (χ2v) is 6.17.